The van der Waals surface area contributed by atoms with E-state index < -0.39 is 0 Å². The highest BCUT2D eigenvalue weighted by Crippen LogP contribution is 2.10. The molecule has 0 aromatic heterocycles. The molecule has 0 aliphatic carbocycles. The fourth-order valence-corrected chi connectivity index (χ4v) is 1.28. The summed E-state index contributed by atoms with van der Waals surface area (Å²) in [5.41, 5.74) is 1.24. The molecule has 0 atom stereocenters. The summed E-state index contributed by atoms with van der Waals surface area (Å²) in [6, 6.07) is 7.81. The number of halogens is 1. The van der Waals surface area contributed by atoms with Gasteiger partial charge in [-0.1, -0.05) is 35.9 Å². The topological polar surface area (TPSA) is 19.9 Å². The summed E-state index contributed by atoms with van der Waals surface area (Å²) < 4.78 is 0. The maximum absolute atomic E-state index is 10.2. The third kappa shape index (κ3) is 4.45. The van der Waals surface area contributed by atoms with E-state index in [1.807, 2.05) is 24.3 Å². The van der Waals surface area contributed by atoms with Gasteiger partial charge in [-0.2, -0.15) is 0 Å². The van der Waals surface area contributed by atoms with Crippen molar-refractivity contribution in [2.75, 3.05) is 6.61 Å². The van der Waals surface area contributed by atoms with Crippen LogP contribution < -0.4 is 0 Å². The smallest absolute Gasteiger partial charge is 0.0825 e. The van der Waals surface area contributed by atoms with Crippen molar-refractivity contribution in [3.05, 3.63) is 47.0 Å². The normalized spacial score (nSPS) is 11.0. The van der Waals surface area contributed by atoms with Gasteiger partial charge >= 0.3 is 0 Å². The van der Waals surface area contributed by atoms with Crippen LogP contribution in [0.2, 0.25) is 5.02 Å². The third-order valence-corrected chi connectivity index (χ3v) is 2.20. The molecule has 0 aliphatic rings. The first kappa shape index (κ1) is 11.3. The SMILES string of the molecule is [O]CCC/C=C/Cc1ccc(Cl)cc1. The van der Waals surface area contributed by atoms with Crippen LogP contribution in [-0.4, -0.2) is 6.61 Å². The highest BCUT2D eigenvalue weighted by Gasteiger charge is 1.89. The van der Waals surface area contributed by atoms with Gasteiger partial charge in [-0.3, -0.25) is 0 Å². The maximum Gasteiger partial charge on any atom is 0.0825 e. The number of benzene rings is 1. The molecule has 0 saturated heterocycles. The Hall–Kier alpha value is -0.790. The Balaban J connectivity index is 2.30. The Labute approximate surface area is 90.0 Å². The van der Waals surface area contributed by atoms with Crippen LogP contribution in [0.1, 0.15) is 18.4 Å². The summed E-state index contributed by atoms with van der Waals surface area (Å²) in [5, 5.41) is 10.9. The Morgan fingerprint density at radius 1 is 1.14 bits per heavy atom. The lowest BCUT2D eigenvalue weighted by molar-refractivity contribution is 0.190. The van der Waals surface area contributed by atoms with Gasteiger partial charge in [0.25, 0.3) is 0 Å². The Morgan fingerprint density at radius 2 is 1.86 bits per heavy atom. The predicted molar refractivity (Wildman–Crippen MR) is 59.1 cm³/mol. The molecular formula is C12H14ClO. The number of allylic oxidation sites excluding steroid dienone is 2. The summed E-state index contributed by atoms with van der Waals surface area (Å²) in [6.07, 6.45) is 6.69. The van der Waals surface area contributed by atoms with Crippen LogP contribution in [0.25, 0.3) is 0 Å². The van der Waals surface area contributed by atoms with Crippen LogP contribution in [0.4, 0.5) is 0 Å². The third-order valence-electron chi connectivity index (χ3n) is 1.95. The van der Waals surface area contributed by atoms with Gasteiger partial charge in [0.05, 0.1) is 6.61 Å². The predicted octanol–water partition coefficient (Wildman–Crippen LogP) is 3.65. The van der Waals surface area contributed by atoms with Crippen molar-refractivity contribution in [2.45, 2.75) is 19.3 Å². The molecule has 0 heterocycles. The molecular weight excluding hydrogens is 196 g/mol. The van der Waals surface area contributed by atoms with Crippen LogP contribution in [0, 0.1) is 0 Å². The molecule has 0 aliphatic heterocycles. The highest BCUT2D eigenvalue weighted by molar-refractivity contribution is 6.30. The molecule has 1 radical (unpaired) electrons. The molecule has 0 amide bonds. The summed E-state index contributed by atoms with van der Waals surface area (Å²) in [4.78, 5) is 0. The van der Waals surface area contributed by atoms with Gasteiger partial charge < -0.3 is 0 Å². The molecule has 1 rings (SSSR count). The van der Waals surface area contributed by atoms with Crippen molar-refractivity contribution in [1.82, 2.24) is 0 Å². The quantitative estimate of drug-likeness (QED) is 0.521. The monoisotopic (exact) mass is 209 g/mol. The van der Waals surface area contributed by atoms with Crippen molar-refractivity contribution in [3.8, 4) is 0 Å². The molecule has 75 valence electrons. The lowest BCUT2D eigenvalue weighted by Gasteiger charge is -1.95. The fraction of sp³-hybridized carbons (Fsp3) is 0.333. The van der Waals surface area contributed by atoms with Crippen molar-refractivity contribution in [2.24, 2.45) is 0 Å². The second-order valence-corrected chi connectivity index (χ2v) is 3.58. The van der Waals surface area contributed by atoms with Gasteiger partial charge in [-0.15, -0.1) is 0 Å². The Morgan fingerprint density at radius 3 is 2.50 bits per heavy atom. The van der Waals surface area contributed by atoms with Crippen LogP contribution in [0.5, 0.6) is 0 Å². The number of hydrogen-bond donors (Lipinski definition) is 0. The molecule has 0 unspecified atom stereocenters. The van der Waals surface area contributed by atoms with Gasteiger partial charge in [-0.25, -0.2) is 5.11 Å². The van der Waals surface area contributed by atoms with Crippen LogP contribution >= 0.6 is 11.6 Å². The van der Waals surface area contributed by atoms with Gasteiger partial charge in [0.15, 0.2) is 0 Å². The van der Waals surface area contributed by atoms with Crippen LogP contribution in [-0.2, 0) is 11.5 Å². The van der Waals surface area contributed by atoms with Gasteiger partial charge in [0.2, 0.25) is 0 Å². The maximum atomic E-state index is 10.2. The van der Waals surface area contributed by atoms with Crippen LogP contribution in [0.3, 0.4) is 0 Å². The first-order valence-electron chi connectivity index (χ1n) is 4.80. The van der Waals surface area contributed by atoms with E-state index in [1.54, 1.807) is 0 Å². The van der Waals surface area contributed by atoms with Gasteiger partial charge in [0.1, 0.15) is 0 Å². The average molecular weight is 210 g/mol. The fourth-order valence-electron chi connectivity index (χ4n) is 1.16. The van der Waals surface area contributed by atoms with E-state index in [1.165, 1.54) is 5.56 Å². The minimum absolute atomic E-state index is 0.0191. The standard InChI is InChI=1S/C12H14ClO/c13-12-8-6-11(7-9-12)5-3-1-2-4-10-14/h1,3,6-9H,2,4-5,10H2/b3-1+. The van der Waals surface area contributed by atoms with Crippen molar-refractivity contribution in [1.29, 1.82) is 0 Å². The zero-order valence-electron chi connectivity index (χ0n) is 8.08. The molecule has 1 nitrogen and oxygen atoms in total. The minimum atomic E-state index is 0.0191. The van der Waals surface area contributed by atoms with E-state index in [-0.39, 0.29) is 6.61 Å². The zero-order valence-corrected chi connectivity index (χ0v) is 8.83. The van der Waals surface area contributed by atoms with Gasteiger partial charge in [0, 0.05) is 5.02 Å². The van der Waals surface area contributed by atoms with E-state index in [9.17, 15) is 5.11 Å². The first-order valence-corrected chi connectivity index (χ1v) is 5.18. The average Bonchev–Trinajstić information content (AvgIpc) is 2.21. The number of rotatable bonds is 5. The van der Waals surface area contributed by atoms with Gasteiger partial charge in [-0.05, 0) is 37.0 Å². The zero-order chi connectivity index (χ0) is 10.2. The lowest BCUT2D eigenvalue weighted by Crippen LogP contribution is -1.80. The molecule has 0 N–H and O–H groups in total. The molecule has 2 heteroatoms. The lowest BCUT2D eigenvalue weighted by atomic mass is 10.1. The first-order chi connectivity index (χ1) is 6.83. The summed E-state index contributed by atoms with van der Waals surface area (Å²) in [6.45, 7) is 0.0191. The molecule has 1 aromatic carbocycles. The minimum Gasteiger partial charge on any atom is -0.237 e. The van der Waals surface area contributed by atoms with E-state index in [2.05, 4.69) is 12.2 Å². The molecule has 0 bridgehead atoms. The summed E-state index contributed by atoms with van der Waals surface area (Å²) >= 11 is 5.76. The number of hydrogen-bond acceptors (Lipinski definition) is 0. The highest BCUT2D eigenvalue weighted by atomic mass is 35.5. The second-order valence-electron chi connectivity index (χ2n) is 3.15. The molecule has 0 fully saturated rings. The van der Waals surface area contributed by atoms with E-state index in [0.29, 0.717) is 0 Å². The summed E-state index contributed by atoms with van der Waals surface area (Å²) in [5.74, 6) is 0. The summed E-state index contributed by atoms with van der Waals surface area (Å²) in [7, 11) is 0. The van der Waals surface area contributed by atoms with Crippen molar-refractivity contribution < 1.29 is 5.11 Å². The Bertz CT molecular complexity index is 277. The Kier molecular flexibility index (Phi) is 5.35. The second kappa shape index (κ2) is 6.63. The van der Waals surface area contributed by atoms with Crippen molar-refractivity contribution >= 4 is 11.6 Å². The number of unbranched alkanes of at least 4 members (excludes halogenated alkanes) is 1. The molecule has 0 saturated carbocycles. The van der Waals surface area contributed by atoms with Crippen molar-refractivity contribution in [3.63, 3.8) is 0 Å². The van der Waals surface area contributed by atoms with Crippen LogP contribution in [0.15, 0.2) is 36.4 Å². The molecule has 0 spiro atoms. The largest absolute Gasteiger partial charge is 0.237 e. The van der Waals surface area contributed by atoms with E-state index in [0.717, 1.165) is 24.3 Å². The van der Waals surface area contributed by atoms with E-state index >= 15 is 0 Å². The van der Waals surface area contributed by atoms with E-state index in [4.69, 9.17) is 11.6 Å². The molecule has 1 aromatic rings. The molecule has 14 heavy (non-hydrogen) atoms.